The SMILES string of the molecule is CCn1cc(C(=O)OC(=O)C2=CNc3ccccc3C2)c(=O)c2cc(CCCOCCOCCC#N)ccc21. The van der Waals surface area contributed by atoms with Crippen molar-refractivity contribution in [3.8, 4) is 6.07 Å². The van der Waals surface area contributed by atoms with E-state index in [9.17, 15) is 14.4 Å². The first-order valence-corrected chi connectivity index (χ1v) is 13.0. The number of nitrogens with one attached hydrogen (secondary N) is 1. The van der Waals surface area contributed by atoms with Crippen molar-refractivity contribution in [1.82, 2.24) is 4.57 Å². The maximum atomic E-state index is 13.3. The van der Waals surface area contributed by atoms with Gasteiger partial charge in [0, 0.05) is 43.0 Å². The van der Waals surface area contributed by atoms with Crippen molar-refractivity contribution in [3.05, 3.63) is 87.3 Å². The second-order valence-electron chi connectivity index (χ2n) is 9.07. The molecule has 0 radical (unpaired) electrons. The number of nitrogens with zero attached hydrogens (tertiary/aromatic N) is 2. The summed E-state index contributed by atoms with van der Waals surface area (Å²) < 4.78 is 17.8. The highest BCUT2D eigenvalue weighted by Gasteiger charge is 2.24. The van der Waals surface area contributed by atoms with E-state index in [0.29, 0.717) is 68.7 Å². The standard InChI is InChI=1S/C30H31N3O6/c1-2-33-20-25(30(36)39-29(35)23-18-22-8-3-4-9-26(22)32-19-23)28(34)24-17-21(10-11-27(24)33)7-5-13-37-15-16-38-14-6-12-31/h3-4,8-11,17,19-20,32H,2,5-7,13-16,18H2,1H3. The molecule has 3 aromatic rings. The average molecular weight is 530 g/mol. The van der Waals surface area contributed by atoms with Crippen molar-refractivity contribution in [2.75, 3.05) is 31.7 Å². The van der Waals surface area contributed by atoms with Gasteiger partial charge in [-0.2, -0.15) is 5.26 Å². The van der Waals surface area contributed by atoms with Crippen LogP contribution >= 0.6 is 0 Å². The number of para-hydroxylation sites is 1. The molecule has 0 bridgehead atoms. The highest BCUT2D eigenvalue weighted by molar-refractivity contribution is 6.04. The van der Waals surface area contributed by atoms with Gasteiger partial charge in [0.1, 0.15) is 5.56 Å². The molecule has 39 heavy (non-hydrogen) atoms. The van der Waals surface area contributed by atoms with Crippen LogP contribution in [-0.4, -0.2) is 42.9 Å². The zero-order valence-electron chi connectivity index (χ0n) is 21.9. The van der Waals surface area contributed by atoms with Crippen LogP contribution in [0.2, 0.25) is 0 Å². The molecule has 1 N–H and O–H groups in total. The first-order valence-electron chi connectivity index (χ1n) is 13.0. The predicted molar refractivity (Wildman–Crippen MR) is 146 cm³/mol. The largest absolute Gasteiger partial charge is 0.386 e. The van der Waals surface area contributed by atoms with Crippen molar-refractivity contribution < 1.29 is 23.8 Å². The van der Waals surface area contributed by atoms with Crippen LogP contribution in [0.1, 0.15) is 41.3 Å². The van der Waals surface area contributed by atoms with E-state index in [2.05, 4.69) is 5.32 Å². The van der Waals surface area contributed by atoms with Crippen molar-refractivity contribution in [2.24, 2.45) is 0 Å². The van der Waals surface area contributed by atoms with Gasteiger partial charge in [0.15, 0.2) is 0 Å². The minimum Gasteiger partial charge on any atom is -0.386 e. The number of carbonyl (C=O) groups excluding carboxylic acids is 2. The molecular formula is C30H31N3O6. The number of ether oxygens (including phenoxy) is 3. The average Bonchev–Trinajstić information content (AvgIpc) is 2.96. The van der Waals surface area contributed by atoms with E-state index in [4.69, 9.17) is 19.5 Å². The summed E-state index contributed by atoms with van der Waals surface area (Å²) in [5, 5.41) is 11.9. The Morgan fingerprint density at radius 3 is 2.64 bits per heavy atom. The molecule has 0 saturated heterocycles. The number of rotatable bonds is 12. The van der Waals surface area contributed by atoms with E-state index in [1.54, 1.807) is 10.6 Å². The summed E-state index contributed by atoms with van der Waals surface area (Å²) in [4.78, 5) is 39.0. The van der Waals surface area contributed by atoms with Gasteiger partial charge in [-0.15, -0.1) is 0 Å². The lowest BCUT2D eigenvalue weighted by Crippen LogP contribution is -2.24. The Bertz CT molecular complexity index is 1480. The van der Waals surface area contributed by atoms with E-state index in [0.717, 1.165) is 23.2 Å². The normalized spacial score (nSPS) is 12.3. The summed E-state index contributed by atoms with van der Waals surface area (Å²) in [5.41, 5.74) is 3.10. The maximum Gasteiger partial charge on any atom is 0.351 e. The van der Waals surface area contributed by atoms with Crippen LogP contribution in [0.15, 0.2) is 65.2 Å². The molecule has 0 aliphatic carbocycles. The smallest absolute Gasteiger partial charge is 0.351 e. The van der Waals surface area contributed by atoms with Crippen molar-refractivity contribution in [1.29, 1.82) is 5.26 Å². The summed E-state index contributed by atoms with van der Waals surface area (Å²) in [6, 6.07) is 15.2. The molecule has 1 aliphatic heterocycles. The van der Waals surface area contributed by atoms with Gasteiger partial charge in [-0.25, -0.2) is 9.59 Å². The lowest BCUT2D eigenvalue weighted by molar-refractivity contribution is -0.133. The molecule has 0 atom stereocenters. The minimum atomic E-state index is -0.968. The number of pyridine rings is 1. The van der Waals surface area contributed by atoms with E-state index >= 15 is 0 Å². The Morgan fingerprint density at radius 1 is 1.05 bits per heavy atom. The van der Waals surface area contributed by atoms with Gasteiger partial charge >= 0.3 is 11.9 Å². The number of aryl methyl sites for hydroxylation is 2. The van der Waals surface area contributed by atoms with Crippen LogP contribution in [0, 0.1) is 11.3 Å². The topological polar surface area (TPSA) is 120 Å². The van der Waals surface area contributed by atoms with Crippen molar-refractivity contribution in [3.63, 3.8) is 0 Å². The monoisotopic (exact) mass is 529 g/mol. The van der Waals surface area contributed by atoms with Crippen LogP contribution in [0.4, 0.5) is 5.69 Å². The zero-order chi connectivity index (χ0) is 27.6. The number of anilines is 1. The lowest BCUT2D eigenvalue weighted by atomic mass is 10.0. The molecule has 1 aromatic heterocycles. The molecule has 0 fully saturated rings. The summed E-state index contributed by atoms with van der Waals surface area (Å²) >= 11 is 0. The molecule has 0 amide bonds. The molecule has 2 heterocycles. The Hall–Kier alpha value is -4.26. The molecule has 0 saturated carbocycles. The van der Waals surface area contributed by atoms with Gasteiger partial charge < -0.3 is 24.1 Å². The third kappa shape index (κ3) is 6.99. The van der Waals surface area contributed by atoms with Gasteiger partial charge in [0.25, 0.3) is 0 Å². The molecule has 0 unspecified atom stereocenters. The molecule has 1 aliphatic rings. The number of hydrogen-bond acceptors (Lipinski definition) is 8. The first-order chi connectivity index (χ1) is 19.0. The molecule has 4 rings (SSSR count). The van der Waals surface area contributed by atoms with Crippen molar-refractivity contribution in [2.45, 2.75) is 39.2 Å². The number of hydrogen-bond donors (Lipinski definition) is 1. The van der Waals surface area contributed by atoms with Crippen molar-refractivity contribution >= 4 is 28.5 Å². The Balaban J connectivity index is 1.41. The Morgan fingerprint density at radius 2 is 1.85 bits per heavy atom. The van der Waals surface area contributed by atoms with E-state index < -0.39 is 17.4 Å². The quantitative estimate of drug-likeness (QED) is 0.211. The van der Waals surface area contributed by atoms with Gasteiger partial charge in [-0.3, -0.25) is 4.79 Å². The second-order valence-corrected chi connectivity index (χ2v) is 9.07. The van der Waals surface area contributed by atoms with E-state index in [1.165, 1.54) is 12.4 Å². The third-order valence-corrected chi connectivity index (χ3v) is 6.44. The highest BCUT2D eigenvalue weighted by atomic mass is 16.6. The minimum absolute atomic E-state index is 0.181. The van der Waals surface area contributed by atoms with Crippen LogP contribution in [0.3, 0.4) is 0 Å². The van der Waals surface area contributed by atoms with Crippen LogP contribution in [0.25, 0.3) is 10.9 Å². The van der Waals surface area contributed by atoms with Gasteiger partial charge in [0.2, 0.25) is 5.43 Å². The second kappa shape index (κ2) is 13.5. The number of benzene rings is 2. The summed E-state index contributed by atoms with van der Waals surface area (Å²) in [6.45, 7) is 4.27. The lowest BCUT2D eigenvalue weighted by Gasteiger charge is -2.17. The summed E-state index contributed by atoms with van der Waals surface area (Å²) in [6.07, 6.45) is 5.10. The van der Waals surface area contributed by atoms with Gasteiger partial charge in [-0.05, 0) is 49.1 Å². The Kier molecular flexibility index (Phi) is 9.62. The molecular weight excluding hydrogens is 498 g/mol. The molecule has 2 aromatic carbocycles. The molecule has 202 valence electrons. The Labute approximate surface area is 226 Å². The fraction of sp³-hybridized carbons (Fsp3) is 0.333. The van der Waals surface area contributed by atoms with Crippen LogP contribution in [-0.2, 0) is 38.4 Å². The number of fused-ring (bicyclic) bond motifs is 2. The molecule has 0 spiro atoms. The molecule has 9 nitrogen and oxygen atoms in total. The molecule has 9 heteroatoms. The number of esters is 2. The predicted octanol–water partition coefficient (Wildman–Crippen LogP) is 4.14. The summed E-state index contributed by atoms with van der Waals surface area (Å²) in [5.74, 6) is -1.75. The van der Waals surface area contributed by atoms with Crippen LogP contribution in [0.5, 0.6) is 0 Å². The highest BCUT2D eigenvalue weighted by Crippen LogP contribution is 2.24. The van der Waals surface area contributed by atoms with E-state index in [-0.39, 0.29) is 5.56 Å². The number of nitriles is 1. The zero-order valence-corrected chi connectivity index (χ0v) is 21.9. The number of carbonyl (C=O) groups is 2. The first kappa shape index (κ1) is 27.8. The van der Waals surface area contributed by atoms with Crippen LogP contribution < -0.4 is 10.7 Å². The fourth-order valence-corrected chi connectivity index (χ4v) is 4.40. The summed E-state index contributed by atoms with van der Waals surface area (Å²) in [7, 11) is 0. The number of aromatic nitrogens is 1. The maximum absolute atomic E-state index is 13.3. The fourth-order valence-electron chi connectivity index (χ4n) is 4.40. The van der Waals surface area contributed by atoms with Gasteiger partial charge in [-0.1, -0.05) is 24.3 Å². The third-order valence-electron chi connectivity index (χ3n) is 6.44. The van der Waals surface area contributed by atoms with E-state index in [1.807, 2.05) is 49.4 Å². The van der Waals surface area contributed by atoms with Gasteiger partial charge in [0.05, 0.1) is 43.4 Å².